The van der Waals surface area contributed by atoms with E-state index in [9.17, 15) is 0 Å². The van der Waals surface area contributed by atoms with Crippen LogP contribution in [-0.4, -0.2) is 53.7 Å². The lowest BCUT2D eigenvalue weighted by Crippen LogP contribution is -2.32. The van der Waals surface area contributed by atoms with Crippen molar-refractivity contribution < 1.29 is 0 Å². The second-order valence-corrected chi connectivity index (χ2v) is 10.3. The van der Waals surface area contributed by atoms with Gasteiger partial charge in [-0.2, -0.15) is 14.6 Å². The molecule has 34 heavy (non-hydrogen) atoms. The number of pyridine rings is 1. The van der Waals surface area contributed by atoms with E-state index in [-0.39, 0.29) is 11.2 Å². The molecular formula is C23H26ClN9S. The van der Waals surface area contributed by atoms with E-state index < -0.39 is 0 Å². The van der Waals surface area contributed by atoms with E-state index in [1.165, 1.54) is 66.0 Å². The molecule has 4 aromatic heterocycles. The Hall–Kier alpha value is -2.82. The quantitative estimate of drug-likeness (QED) is 0.318. The largest absolute Gasteiger partial charge is 0.368 e. The first-order chi connectivity index (χ1) is 16.5. The predicted molar refractivity (Wildman–Crippen MR) is 135 cm³/mol. The van der Waals surface area contributed by atoms with Gasteiger partial charge in [-0.15, -0.1) is 16.4 Å². The number of fused-ring (bicyclic) bond motifs is 2. The lowest BCUT2D eigenvalue weighted by atomic mass is 10.1. The fraction of sp³-hybridized carbons (Fsp3) is 0.435. The molecule has 1 aliphatic carbocycles. The summed E-state index contributed by atoms with van der Waals surface area (Å²) in [5.74, 6) is 1.14. The van der Waals surface area contributed by atoms with Crippen molar-refractivity contribution in [2.75, 3.05) is 24.1 Å². The highest BCUT2D eigenvalue weighted by molar-refractivity contribution is 7.17. The standard InChI is InChI=1S/C23H26ClN9S/c1-13-12-34-19-18(13)28-21(24)29-20(19)33-22(25)30-23(31-33)27-15-10-14-4-5-16(32-8-2-3-9-32)6-7-17(14)26-11-15/h10-12,16H,2-9H2,1H3,(H3,25,27,30,31). The summed E-state index contributed by atoms with van der Waals surface area (Å²) in [5.41, 5.74) is 11.4. The zero-order chi connectivity index (χ0) is 23.2. The molecule has 3 N–H and O–H groups in total. The summed E-state index contributed by atoms with van der Waals surface area (Å²) in [7, 11) is 0. The van der Waals surface area contributed by atoms with Gasteiger partial charge in [-0.05, 0) is 92.7 Å². The number of likely N-dealkylation sites (tertiary alicyclic amines) is 1. The van der Waals surface area contributed by atoms with E-state index in [0.717, 1.165) is 34.3 Å². The second-order valence-electron chi connectivity index (χ2n) is 9.05. The average molecular weight is 496 g/mol. The molecule has 5 heterocycles. The van der Waals surface area contributed by atoms with Crippen LogP contribution in [0.2, 0.25) is 5.28 Å². The molecule has 0 spiro atoms. The fourth-order valence-electron chi connectivity index (χ4n) is 5.09. The van der Waals surface area contributed by atoms with Crippen molar-refractivity contribution in [2.45, 2.75) is 51.5 Å². The number of nitrogen functional groups attached to an aromatic ring is 1. The van der Waals surface area contributed by atoms with Crippen LogP contribution in [0.4, 0.5) is 17.6 Å². The Bertz CT molecular complexity index is 1360. The third-order valence-electron chi connectivity index (χ3n) is 6.81. The molecule has 1 unspecified atom stereocenters. The van der Waals surface area contributed by atoms with E-state index in [1.807, 2.05) is 18.5 Å². The molecule has 0 aromatic carbocycles. The maximum absolute atomic E-state index is 6.21. The Morgan fingerprint density at radius 3 is 2.82 bits per heavy atom. The normalized spacial score (nSPS) is 18.8. The van der Waals surface area contributed by atoms with Crippen molar-refractivity contribution in [2.24, 2.45) is 0 Å². The molecular weight excluding hydrogens is 470 g/mol. The Kier molecular flexibility index (Phi) is 5.59. The van der Waals surface area contributed by atoms with Gasteiger partial charge in [-0.1, -0.05) is 0 Å². The number of anilines is 3. The van der Waals surface area contributed by atoms with Gasteiger partial charge in [0.2, 0.25) is 17.2 Å². The van der Waals surface area contributed by atoms with Crippen LogP contribution >= 0.6 is 22.9 Å². The van der Waals surface area contributed by atoms with E-state index in [0.29, 0.717) is 17.8 Å². The highest BCUT2D eigenvalue weighted by Crippen LogP contribution is 2.31. The van der Waals surface area contributed by atoms with E-state index in [4.69, 9.17) is 22.3 Å². The minimum atomic E-state index is 0.149. The van der Waals surface area contributed by atoms with Crippen molar-refractivity contribution in [3.8, 4) is 5.82 Å². The van der Waals surface area contributed by atoms with E-state index in [1.54, 1.807) is 0 Å². The molecule has 11 heteroatoms. The molecule has 0 amide bonds. The molecule has 0 radical (unpaired) electrons. The number of thiophene rings is 1. The van der Waals surface area contributed by atoms with Crippen LogP contribution in [0.15, 0.2) is 17.6 Å². The van der Waals surface area contributed by atoms with E-state index in [2.05, 4.69) is 36.3 Å². The van der Waals surface area contributed by atoms with Gasteiger partial charge in [0.15, 0.2) is 5.82 Å². The summed E-state index contributed by atoms with van der Waals surface area (Å²) in [6.45, 7) is 4.47. The zero-order valence-corrected chi connectivity index (χ0v) is 20.5. The molecule has 1 fully saturated rings. The Morgan fingerprint density at radius 1 is 1.15 bits per heavy atom. The lowest BCUT2D eigenvalue weighted by molar-refractivity contribution is 0.222. The van der Waals surface area contributed by atoms with Crippen LogP contribution < -0.4 is 11.1 Å². The van der Waals surface area contributed by atoms with Crippen molar-refractivity contribution in [3.63, 3.8) is 0 Å². The zero-order valence-electron chi connectivity index (χ0n) is 19.0. The molecule has 0 saturated carbocycles. The van der Waals surface area contributed by atoms with Crippen molar-refractivity contribution in [1.82, 2.24) is 34.6 Å². The van der Waals surface area contributed by atoms with Gasteiger partial charge in [0.25, 0.3) is 0 Å². The van der Waals surface area contributed by atoms with E-state index >= 15 is 0 Å². The molecule has 1 aliphatic heterocycles. The fourth-order valence-corrected chi connectivity index (χ4v) is 6.21. The first-order valence-corrected chi connectivity index (χ1v) is 12.9. The lowest BCUT2D eigenvalue weighted by Gasteiger charge is -2.25. The number of aryl methyl sites for hydroxylation is 3. The molecule has 176 valence electrons. The van der Waals surface area contributed by atoms with Gasteiger partial charge in [0, 0.05) is 11.7 Å². The van der Waals surface area contributed by atoms with Gasteiger partial charge in [-0.25, -0.2) is 4.98 Å². The number of nitrogens with zero attached hydrogens (tertiary/aromatic N) is 7. The number of halogens is 1. The summed E-state index contributed by atoms with van der Waals surface area (Å²) < 4.78 is 2.37. The van der Waals surface area contributed by atoms with Gasteiger partial charge in [-0.3, -0.25) is 4.98 Å². The SMILES string of the molecule is Cc1csc2c(-n3nc(Nc4cnc5c(c4)CCC(N4CCCC4)CC5)nc3N)nc(Cl)nc12. The van der Waals surface area contributed by atoms with Crippen LogP contribution in [0.5, 0.6) is 0 Å². The summed E-state index contributed by atoms with van der Waals surface area (Å²) in [4.78, 5) is 20.6. The van der Waals surface area contributed by atoms with Crippen molar-refractivity contribution in [3.05, 3.63) is 39.7 Å². The molecule has 1 atom stereocenters. The Labute approximate surface area is 206 Å². The number of nitrogens with two attached hydrogens (primary N) is 1. The van der Waals surface area contributed by atoms with Crippen LogP contribution in [0.3, 0.4) is 0 Å². The van der Waals surface area contributed by atoms with Crippen LogP contribution in [0.25, 0.3) is 16.0 Å². The molecule has 2 aliphatic rings. The van der Waals surface area contributed by atoms with Gasteiger partial charge in [0.1, 0.15) is 0 Å². The first kappa shape index (κ1) is 21.7. The number of rotatable bonds is 4. The minimum Gasteiger partial charge on any atom is -0.368 e. The highest BCUT2D eigenvalue weighted by atomic mass is 35.5. The molecule has 0 bridgehead atoms. The maximum Gasteiger partial charge on any atom is 0.248 e. The summed E-state index contributed by atoms with van der Waals surface area (Å²) in [5, 5.41) is 10.00. The number of hydrogen-bond donors (Lipinski definition) is 2. The topological polar surface area (TPSA) is 111 Å². The van der Waals surface area contributed by atoms with Gasteiger partial charge < -0.3 is 16.0 Å². The first-order valence-electron chi connectivity index (χ1n) is 11.7. The predicted octanol–water partition coefficient (Wildman–Crippen LogP) is 4.30. The van der Waals surface area contributed by atoms with Gasteiger partial charge >= 0.3 is 0 Å². The molecule has 9 nitrogen and oxygen atoms in total. The Balaban J connectivity index is 1.24. The molecule has 1 saturated heterocycles. The third kappa shape index (κ3) is 3.99. The molecule has 6 rings (SSSR count). The van der Waals surface area contributed by atoms with Crippen LogP contribution in [0.1, 0.15) is 42.5 Å². The maximum atomic E-state index is 6.21. The molecule has 4 aromatic rings. The minimum absolute atomic E-state index is 0.149. The van der Waals surface area contributed by atoms with Crippen molar-refractivity contribution >= 4 is 50.7 Å². The smallest absolute Gasteiger partial charge is 0.248 e. The van der Waals surface area contributed by atoms with Crippen molar-refractivity contribution in [1.29, 1.82) is 0 Å². The summed E-state index contributed by atoms with van der Waals surface area (Å²) >= 11 is 7.71. The highest BCUT2D eigenvalue weighted by Gasteiger charge is 2.25. The van der Waals surface area contributed by atoms with Crippen LogP contribution in [-0.2, 0) is 12.8 Å². The number of nitrogens with one attached hydrogen (secondary N) is 1. The second kappa shape index (κ2) is 8.75. The number of hydrogen-bond acceptors (Lipinski definition) is 9. The average Bonchev–Trinajstić information content (AvgIpc) is 3.53. The van der Waals surface area contributed by atoms with Gasteiger partial charge in [0.05, 0.1) is 22.1 Å². The Morgan fingerprint density at radius 2 is 1.97 bits per heavy atom. The monoisotopic (exact) mass is 495 g/mol. The van der Waals surface area contributed by atoms with Crippen LogP contribution in [0, 0.1) is 6.92 Å². The summed E-state index contributed by atoms with van der Waals surface area (Å²) in [6.07, 6.45) is 8.96. The third-order valence-corrected chi connectivity index (χ3v) is 8.07. The number of aromatic nitrogens is 6. The summed E-state index contributed by atoms with van der Waals surface area (Å²) in [6, 6.07) is 2.84.